The van der Waals surface area contributed by atoms with Crippen molar-refractivity contribution in [3.63, 3.8) is 0 Å². The van der Waals surface area contributed by atoms with E-state index in [-0.39, 0.29) is 0 Å². The van der Waals surface area contributed by atoms with Crippen molar-refractivity contribution in [1.29, 1.82) is 0 Å². The van der Waals surface area contributed by atoms with Crippen molar-refractivity contribution in [3.8, 4) is 0 Å². The highest BCUT2D eigenvalue weighted by Gasteiger charge is 2.18. The van der Waals surface area contributed by atoms with Gasteiger partial charge in [0.15, 0.2) is 0 Å². The lowest BCUT2D eigenvalue weighted by Crippen LogP contribution is -2.28. The van der Waals surface area contributed by atoms with Gasteiger partial charge in [-0.15, -0.1) is 0 Å². The van der Waals surface area contributed by atoms with Gasteiger partial charge in [-0.25, -0.2) is 0 Å². The summed E-state index contributed by atoms with van der Waals surface area (Å²) in [5, 5.41) is 10.1. The molecule has 0 aliphatic carbocycles. The van der Waals surface area contributed by atoms with Gasteiger partial charge in [-0.2, -0.15) is 0 Å². The fourth-order valence-corrected chi connectivity index (χ4v) is 1.63. The lowest BCUT2D eigenvalue weighted by atomic mass is 9.99. The van der Waals surface area contributed by atoms with E-state index in [9.17, 15) is 5.11 Å². The Morgan fingerprint density at radius 2 is 1.69 bits per heavy atom. The molecule has 0 fully saturated rings. The Labute approximate surface area is 98.0 Å². The normalized spacial score (nSPS) is 12.3. The van der Waals surface area contributed by atoms with Crippen LogP contribution in [0.5, 0.6) is 0 Å². The molecule has 1 N–H and O–H groups in total. The summed E-state index contributed by atoms with van der Waals surface area (Å²) in [6.07, 6.45) is 3.07. The number of aliphatic hydroxyl groups is 1. The molecule has 2 nitrogen and oxygen atoms in total. The zero-order chi connectivity index (χ0) is 12.2. The fraction of sp³-hybridized carbons (Fsp3) is 0.500. The average Bonchev–Trinajstić information content (AvgIpc) is 2.28. The monoisotopic (exact) mass is 219 g/mol. The third-order valence-electron chi connectivity index (χ3n) is 3.10. The van der Waals surface area contributed by atoms with E-state index in [0.29, 0.717) is 12.8 Å². The first-order chi connectivity index (χ1) is 7.52. The standard InChI is InChI=1S/C14H21NO/c1-5-14(16,6-2)10-15-13-11(3)8-7-9-12(13)4/h7-10,16H,5-6H2,1-4H3. The summed E-state index contributed by atoms with van der Waals surface area (Å²) in [7, 11) is 0. The van der Waals surface area contributed by atoms with E-state index in [2.05, 4.69) is 4.99 Å². The van der Waals surface area contributed by atoms with Crippen molar-refractivity contribution in [2.75, 3.05) is 0 Å². The highest BCUT2D eigenvalue weighted by molar-refractivity contribution is 5.73. The van der Waals surface area contributed by atoms with Crippen LogP contribution in [0.15, 0.2) is 23.2 Å². The minimum Gasteiger partial charge on any atom is -0.384 e. The third kappa shape index (κ3) is 2.92. The average molecular weight is 219 g/mol. The molecular formula is C14H21NO. The molecule has 0 atom stereocenters. The minimum absolute atomic E-state index is 0.692. The summed E-state index contributed by atoms with van der Waals surface area (Å²) in [6.45, 7) is 8.02. The smallest absolute Gasteiger partial charge is 0.0992 e. The van der Waals surface area contributed by atoms with Crippen molar-refractivity contribution in [3.05, 3.63) is 29.3 Å². The minimum atomic E-state index is -0.769. The van der Waals surface area contributed by atoms with E-state index in [1.807, 2.05) is 45.9 Å². The second-order valence-corrected chi connectivity index (χ2v) is 4.31. The molecule has 88 valence electrons. The van der Waals surface area contributed by atoms with Crippen LogP contribution in [-0.2, 0) is 0 Å². The van der Waals surface area contributed by atoms with Crippen LogP contribution in [-0.4, -0.2) is 16.9 Å². The number of rotatable bonds is 4. The second kappa shape index (κ2) is 5.26. The van der Waals surface area contributed by atoms with Gasteiger partial charge in [-0.05, 0) is 37.8 Å². The van der Waals surface area contributed by atoms with Gasteiger partial charge in [0, 0.05) is 6.21 Å². The molecule has 0 saturated heterocycles. The SMILES string of the molecule is CCC(O)(C=Nc1c(C)cccc1C)CC. The van der Waals surface area contributed by atoms with E-state index < -0.39 is 5.60 Å². The zero-order valence-electron chi connectivity index (χ0n) is 10.6. The highest BCUT2D eigenvalue weighted by atomic mass is 16.3. The maximum Gasteiger partial charge on any atom is 0.0992 e. The van der Waals surface area contributed by atoms with Crippen molar-refractivity contribution in [2.45, 2.75) is 46.1 Å². The molecule has 16 heavy (non-hydrogen) atoms. The van der Waals surface area contributed by atoms with Crippen LogP contribution >= 0.6 is 0 Å². The number of aliphatic imine (C=N–C) groups is 1. The fourth-order valence-electron chi connectivity index (χ4n) is 1.63. The molecule has 0 bridgehead atoms. The van der Waals surface area contributed by atoms with Crippen molar-refractivity contribution < 1.29 is 5.11 Å². The Balaban J connectivity index is 3.00. The molecule has 1 rings (SSSR count). The van der Waals surface area contributed by atoms with Gasteiger partial charge in [-0.3, -0.25) is 4.99 Å². The Morgan fingerprint density at radius 1 is 1.19 bits per heavy atom. The lowest BCUT2D eigenvalue weighted by molar-refractivity contribution is 0.109. The summed E-state index contributed by atoms with van der Waals surface area (Å²) in [5.74, 6) is 0. The summed E-state index contributed by atoms with van der Waals surface area (Å²) in [4.78, 5) is 4.44. The van der Waals surface area contributed by atoms with E-state index in [1.165, 1.54) is 0 Å². The second-order valence-electron chi connectivity index (χ2n) is 4.31. The molecule has 0 unspecified atom stereocenters. The van der Waals surface area contributed by atoms with E-state index in [1.54, 1.807) is 6.21 Å². The van der Waals surface area contributed by atoms with Crippen LogP contribution in [0.3, 0.4) is 0 Å². The molecule has 0 heterocycles. The molecule has 2 heteroatoms. The predicted octanol–water partition coefficient (Wildman–Crippen LogP) is 3.56. The van der Waals surface area contributed by atoms with Gasteiger partial charge in [0.05, 0.1) is 11.3 Å². The van der Waals surface area contributed by atoms with Crippen LogP contribution in [0.1, 0.15) is 37.8 Å². The van der Waals surface area contributed by atoms with Crippen LogP contribution < -0.4 is 0 Å². The van der Waals surface area contributed by atoms with Crippen LogP contribution in [0.25, 0.3) is 0 Å². The summed E-state index contributed by atoms with van der Waals surface area (Å²) >= 11 is 0. The predicted molar refractivity (Wildman–Crippen MR) is 69.6 cm³/mol. The first-order valence-electron chi connectivity index (χ1n) is 5.86. The topological polar surface area (TPSA) is 32.6 Å². The van der Waals surface area contributed by atoms with E-state index in [4.69, 9.17) is 0 Å². The van der Waals surface area contributed by atoms with Gasteiger partial charge in [0.2, 0.25) is 0 Å². The van der Waals surface area contributed by atoms with Crippen LogP contribution in [0.4, 0.5) is 5.69 Å². The van der Waals surface area contributed by atoms with E-state index >= 15 is 0 Å². The Morgan fingerprint density at radius 3 is 2.12 bits per heavy atom. The summed E-state index contributed by atoms with van der Waals surface area (Å²) < 4.78 is 0. The highest BCUT2D eigenvalue weighted by Crippen LogP contribution is 2.24. The quantitative estimate of drug-likeness (QED) is 0.772. The first-order valence-corrected chi connectivity index (χ1v) is 5.86. The molecule has 0 amide bonds. The number of hydrogen-bond donors (Lipinski definition) is 1. The van der Waals surface area contributed by atoms with Gasteiger partial charge in [0.1, 0.15) is 0 Å². The molecule has 0 aromatic heterocycles. The third-order valence-corrected chi connectivity index (χ3v) is 3.10. The maximum atomic E-state index is 10.1. The molecule has 0 aliphatic rings. The zero-order valence-corrected chi connectivity index (χ0v) is 10.6. The number of hydrogen-bond acceptors (Lipinski definition) is 2. The summed E-state index contributed by atoms with van der Waals surface area (Å²) in [6, 6.07) is 6.10. The Hall–Kier alpha value is -1.15. The van der Waals surface area contributed by atoms with Crippen LogP contribution in [0.2, 0.25) is 0 Å². The molecule has 0 radical (unpaired) electrons. The van der Waals surface area contributed by atoms with Crippen molar-refractivity contribution in [1.82, 2.24) is 0 Å². The van der Waals surface area contributed by atoms with Gasteiger partial charge in [0.25, 0.3) is 0 Å². The molecular weight excluding hydrogens is 198 g/mol. The lowest BCUT2D eigenvalue weighted by Gasteiger charge is -2.19. The van der Waals surface area contributed by atoms with Gasteiger partial charge in [-0.1, -0.05) is 32.0 Å². The molecule has 1 aromatic rings. The number of para-hydroxylation sites is 1. The largest absolute Gasteiger partial charge is 0.384 e. The Kier molecular flexibility index (Phi) is 4.25. The van der Waals surface area contributed by atoms with Crippen molar-refractivity contribution in [2.24, 2.45) is 4.99 Å². The molecule has 0 saturated carbocycles. The maximum absolute atomic E-state index is 10.1. The summed E-state index contributed by atoms with van der Waals surface area (Å²) in [5.41, 5.74) is 2.49. The van der Waals surface area contributed by atoms with Crippen LogP contribution in [0, 0.1) is 13.8 Å². The molecule has 1 aromatic carbocycles. The Bertz CT molecular complexity index is 358. The van der Waals surface area contributed by atoms with Gasteiger partial charge < -0.3 is 5.11 Å². The molecule has 0 spiro atoms. The first kappa shape index (κ1) is 12.9. The number of aryl methyl sites for hydroxylation is 2. The number of nitrogens with zero attached hydrogens (tertiary/aromatic N) is 1. The van der Waals surface area contributed by atoms with Gasteiger partial charge >= 0.3 is 0 Å². The number of benzene rings is 1. The van der Waals surface area contributed by atoms with Crippen molar-refractivity contribution >= 4 is 11.9 Å². The molecule has 0 aliphatic heterocycles. The van der Waals surface area contributed by atoms with E-state index in [0.717, 1.165) is 16.8 Å².